The van der Waals surface area contributed by atoms with Gasteiger partial charge in [-0.05, 0) is 20.8 Å². The van der Waals surface area contributed by atoms with Crippen molar-refractivity contribution in [1.82, 2.24) is 10.2 Å². The second kappa shape index (κ2) is 8.81. The summed E-state index contributed by atoms with van der Waals surface area (Å²) in [5.41, 5.74) is 5.38. The van der Waals surface area contributed by atoms with Crippen LogP contribution in [0.1, 0.15) is 33.6 Å². The summed E-state index contributed by atoms with van der Waals surface area (Å²) in [6.45, 7) is 7.96. The molecule has 6 heteroatoms. The van der Waals surface area contributed by atoms with Crippen molar-refractivity contribution >= 4 is 11.7 Å². The second-order valence-electron chi connectivity index (χ2n) is 3.97. The van der Waals surface area contributed by atoms with Crippen LogP contribution in [-0.2, 0) is 4.79 Å². The van der Waals surface area contributed by atoms with E-state index < -0.39 is 0 Å². The average molecular weight is 244 g/mol. The summed E-state index contributed by atoms with van der Waals surface area (Å²) in [5.74, 6) is 0.346. The summed E-state index contributed by atoms with van der Waals surface area (Å²) in [6.07, 6.45) is 0.943. The van der Waals surface area contributed by atoms with Crippen LogP contribution in [0.3, 0.4) is 0 Å². The van der Waals surface area contributed by atoms with Gasteiger partial charge in [-0.1, -0.05) is 5.16 Å². The molecule has 0 aromatic rings. The number of carbonyl (C=O) groups excluding carboxylic acids is 1. The zero-order valence-corrected chi connectivity index (χ0v) is 10.9. The SMILES string of the molecule is CCN(CC)C(=O)CCNC(C)CC(N)=NO. The minimum atomic E-state index is 0.0930. The predicted octanol–water partition coefficient (Wildman–Crippen LogP) is 0.360. The number of oxime groups is 1. The van der Waals surface area contributed by atoms with Crippen LogP contribution in [-0.4, -0.2) is 47.5 Å². The van der Waals surface area contributed by atoms with Gasteiger partial charge < -0.3 is 21.2 Å². The highest BCUT2D eigenvalue weighted by Gasteiger charge is 2.10. The van der Waals surface area contributed by atoms with Crippen LogP contribution in [0.15, 0.2) is 5.16 Å². The number of carbonyl (C=O) groups is 1. The van der Waals surface area contributed by atoms with Crippen LogP contribution in [0.2, 0.25) is 0 Å². The molecule has 0 fully saturated rings. The van der Waals surface area contributed by atoms with Crippen molar-refractivity contribution < 1.29 is 10.0 Å². The normalized spacial score (nSPS) is 13.5. The molecule has 0 aliphatic carbocycles. The average Bonchev–Trinajstić information content (AvgIpc) is 2.30. The maximum Gasteiger partial charge on any atom is 0.223 e. The van der Waals surface area contributed by atoms with Gasteiger partial charge in [-0.3, -0.25) is 4.79 Å². The lowest BCUT2D eigenvalue weighted by Crippen LogP contribution is -2.36. The van der Waals surface area contributed by atoms with Crippen LogP contribution in [0.25, 0.3) is 0 Å². The van der Waals surface area contributed by atoms with Gasteiger partial charge in [-0.25, -0.2) is 0 Å². The van der Waals surface area contributed by atoms with Gasteiger partial charge in [0.2, 0.25) is 5.91 Å². The van der Waals surface area contributed by atoms with Gasteiger partial charge in [0.1, 0.15) is 5.84 Å². The Morgan fingerprint density at radius 2 is 2.06 bits per heavy atom. The van der Waals surface area contributed by atoms with Gasteiger partial charge in [-0.2, -0.15) is 0 Å². The van der Waals surface area contributed by atoms with Crippen molar-refractivity contribution in [3.63, 3.8) is 0 Å². The Bertz CT molecular complexity index is 252. The molecule has 100 valence electrons. The zero-order valence-electron chi connectivity index (χ0n) is 10.9. The number of hydrogen-bond donors (Lipinski definition) is 3. The summed E-state index contributed by atoms with van der Waals surface area (Å²) in [5, 5.41) is 14.5. The van der Waals surface area contributed by atoms with Crippen LogP contribution in [0, 0.1) is 0 Å². The third-order valence-corrected chi connectivity index (χ3v) is 2.59. The van der Waals surface area contributed by atoms with E-state index in [0.29, 0.717) is 19.4 Å². The molecule has 1 atom stereocenters. The Morgan fingerprint density at radius 1 is 1.47 bits per heavy atom. The molecule has 0 aliphatic rings. The largest absolute Gasteiger partial charge is 0.409 e. The molecule has 0 radical (unpaired) electrons. The van der Waals surface area contributed by atoms with Crippen LogP contribution in [0.5, 0.6) is 0 Å². The van der Waals surface area contributed by atoms with E-state index in [4.69, 9.17) is 10.9 Å². The van der Waals surface area contributed by atoms with Gasteiger partial charge in [0.05, 0.1) is 0 Å². The smallest absolute Gasteiger partial charge is 0.223 e. The summed E-state index contributed by atoms with van der Waals surface area (Å²) in [6, 6.07) is 0.0930. The molecular formula is C11H24N4O2. The van der Waals surface area contributed by atoms with Crippen molar-refractivity contribution in [2.45, 2.75) is 39.7 Å². The summed E-state index contributed by atoms with van der Waals surface area (Å²) < 4.78 is 0. The molecule has 0 aliphatic heterocycles. The highest BCUT2D eigenvalue weighted by molar-refractivity contribution is 5.80. The molecule has 0 bridgehead atoms. The van der Waals surface area contributed by atoms with E-state index >= 15 is 0 Å². The number of hydrogen-bond acceptors (Lipinski definition) is 4. The molecule has 0 saturated carbocycles. The van der Waals surface area contributed by atoms with E-state index in [1.165, 1.54) is 0 Å². The Kier molecular flexibility index (Phi) is 8.13. The van der Waals surface area contributed by atoms with Crippen molar-refractivity contribution in [2.75, 3.05) is 19.6 Å². The fourth-order valence-corrected chi connectivity index (χ4v) is 1.59. The number of rotatable bonds is 8. The van der Waals surface area contributed by atoms with Gasteiger partial charge in [-0.15, -0.1) is 0 Å². The molecule has 0 saturated heterocycles. The van der Waals surface area contributed by atoms with Crippen molar-refractivity contribution in [2.24, 2.45) is 10.9 Å². The van der Waals surface area contributed by atoms with E-state index in [9.17, 15) is 4.79 Å². The van der Waals surface area contributed by atoms with Gasteiger partial charge in [0, 0.05) is 38.5 Å². The Labute approximate surface area is 103 Å². The van der Waals surface area contributed by atoms with Crippen LogP contribution >= 0.6 is 0 Å². The first-order chi connectivity index (χ1) is 8.04. The van der Waals surface area contributed by atoms with E-state index in [1.54, 1.807) is 4.90 Å². The topological polar surface area (TPSA) is 91.0 Å². The highest BCUT2D eigenvalue weighted by atomic mass is 16.4. The molecule has 1 unspecified atom stereocenters. The Hall–Kier alpha value is -1.30. The van der Waals surface area contributed by atoms with E-state index in [1.807, 2.05) is 20.8 Å². The minimum absolute atomic E-state index is 0.0930. The van der Waals surface area contributed by atoms with Gasteiger partial charge in [0.15, 0.2) is 0 Å². The molecule has 0 aromatic carbocycles. The van der Waals surface area contributed by atoms with Crippen LogP contribution in [0.4, 0.5) is 0 Å². The van der Waals surface area contributed by atoms with Gasteiger partial charge >= 0.3 is 0 Å². The minimum Gasteiger partial charge on any atom is -0.409 e. The van der Waals surface area contributed by atoms with E-state index in [-0.39, 0.29) is 17.8 Å². The summed E-state index contributed by atoms with van der Waals surface area (Å²) in [4.78, 5) is 13.5. The number of nitrogens with one attached hydrogen (secondary N) is 1. The lowest BCUT2D eigenvalue weighted by Gasteiger charge is -2.19. The second-order valence-corrected chi connectivity index (χ2v) is 3.97. The van der Waals surface area contributed by atoms with Crippen LogP contribution < -0.4 is 11.1 Å². The maximum atomic E-state index is 11.7. The fourth-order valence-electron chi connectivity index (χ4n) is 1.59. The Balaban J connectivity index is 3.79. The lowest BCUT2D eigenvalue weighted by molar-refractivity contribution is -0.130. The molecule has 0 aromatic heterocycles. The predicted molar refractivity (Wildman–Crippen MR) is 68.0 cm³/mol. The summed E-state index contributed by atoms with van der Waals surface area (Å²) >= 11 is 0. The number of amidine groups is 1. The van der Waals surface area contributed by atoms with E-state index in [2.05, 4.69) is 10.5 Å². The highest BCUT2D eigenvalue weighted by Crippen LogP contribution is 1.95. The molecule has 0 spiro atoms. The first-order valence-corrected chi connectivity index (χ1v) is 6.02. The molecule has 17 heavy (non-hydrogen) atoms. The molecule has 4 N–H and O–H groups in total. The maximum absolute atomic E-state index is 11.7. The lowest BCUT2D eigenvalue weighted by atomic mass is 10.2. The third kappa shape index (κ3) is 6.78. The summed E-state index contributed by atoms with van der Waals surface area (Å²) in [7, 11) is 0. The Morgan fingerprint density at radius 3 is 2.53 bits per heavy atom. The number of amides is 1. The standard InChI is InChI=1S/C11H24N4O2/c1-4-15(5-2)11(16)6-7-13-9(3)8-10(12)14-17/h9,13,17H,4-8H2,1-3H3,(H2,12,14). The number of nitrogens with two attached hydrogens (primary N) is 1. The molecule has 0 heterocycles. The van der Waals surface area contributed by atoms with Crippen molar-refractivity contribution in [1.29, 1.82) is 0 Å². The molecule has 6 nitrogen and oxygen atoms in total. The number of nitrogens with zero attached hydrogens (tertiary/aromatic N) is 2. The van der Waals surface area contributed by atoms with E-state index in [0.717, 1.165) is 13.1 Å². The molecular weight excluding hydrogens is 220 g/mol. The van der Waals surface area contributed by atoms with Gasteiger partial charge in [0.25, 0.3) is 0 Å². The first-order valence-electron chi connectivity index (χ1n) is 6.02. The zero-order chi connectivity index (χ0) is 13.3. The fraction of sp³-hybridized carbons (Fsp3) is 0.818. The van der Waals surface area contributed by atoms with Crippen molar-refractivity contribution in [3.8, 4) is 0 Å². The molecule has 1 amide bonds. The van der Waals surface area contributed by atoms with Crippen molar-refractivity contribution in [3.05, 3.63) is 0 Å². The third-order valence-electron chi connectivity index (χ3n) is 2.59. The molecule has 0 rings (SSSR count). The quantitative estimate of drug-likeness (QED) is 0.249. The first kappa shape index (κ1) is 15.7. The monoisotopic (exact) mass is 244 g/mol.